The van der Waals surface area contributed by atoms with Gasteiger partial charge >= 0.3 is 0 Å². The van der Waals surface area contributed by atoms with Gasteiger partial charge in [0, 0.05) is 22.7 Å². The second-order valence-electron chi connectivity index (χ2n) is 6.56. The number of para-hydroxylation sites is 1. The lowest BCUT2D eigenvalue weighted by Crippen LogP contribution is -2.30. The minimum Gasteiger partial charge on any atom is -0.308 e. The number of fused-ring (bicyclic) bond motifs is 3. The van der Waals surface area contributed by atoms with Crippen molar-refractivity contribution in [2.75, 3.05) is 11.4 Å². The Bertz CT molecular complexity index is 1150. The zero-order valence-corrected chi connectivity index (χ0v) is 16.7. The SMILES string of the molecule is CCN(C(=O)c1cc2c(s1)-c1ccccc1S(=O)(=O)C2)c1ccccc1C. The van der Waals surface area contributed by atoms with E-state index in [-0.39, 0.29) is 11.7 Å². The molecule has 0 saturated carbocycles. The summed E-state index contributed by atoms with van der Waals surface area (Å²) in [6, 6.07) is 16.5. The first-order valence-electron chi connectivity index (χ1n) is 8.74. The van der Waals surface area contributed by atoms with E-state index in [1.165, 1.54) is 11.3 Å². The quantitative estimate of drug-likeness (QED) is 0.645. The zero-order chi connectivity index (χ0) is 19.2. The Kier molecular flexibility index (Phi) is 4.40. The van der Waals surface area contributed by atoms with Gasteiger partial charge in [-0.05, 0) is 43.2 Å². The second kappa shape index (κ2) is 6.62. The average Bonchev–Trinajstić information content (AvgIpc) is 3.07. The summed E-state index contributed by atoms with van der Waals surface area (Å²) in [5.74, 6) is -0.152. The zero-order valence-electron chi connectivity index (χ0n) is 15.1. The highest BCUT2D eigenvalue weighted by Crippen LogP contribution is 2.43. The van der Waals surface area contributed by atoms with Crippen molar-refractivity contribution in [2.45, 2.75) is 24.5 Å². The Morgan fingerprint density at radius 3 is 2.56 bits per heavy atom. The van der Waals surface area contributed by atoms with Crippen molar-refractivity contribution in [3.63, 3.8) is 0 Å². The first kappa shape index (κ1) is 17.9. The molecule has 0 N–H and O–H groups in total. The van der Waals surface area contributed by atoms with Gasteiger partial charge in [0.25, 0.3) is 5.91 Å². The summed E-state index contributed by atoms with van der Waals surface area (Å²) < 4.78 is 25.2. The molecule has 2 aromatic carbocycles. The van der Waals surface area contributed by atoms with Crippen LogP contribution in [-0.4, -0.2) is 20.9 Å². The van der Waals surface area contributed by atoms with Crippen LogP contribution >= 0.6 is 11.3 Å². The molecule has 0 spiro atoms. The Balaban J connectivity index is 1.79. The predicted octanol–water partition coefficient (Wildman–Crippen LogP) is 4.68. The number of amides is 1. The molecule has 0 atom stereocenters. The number of rotatable bonds is 3. The maximum atomic E-state index is 13.2. The van der Waals surface area contributed by atoms with Crippen molar-refractivity contribution in [1.82, 2.24) is 0 Å². The number of nitrogens with zero attached hydrogens (tertiary/aromatic N) is 1. The Morgan fingerprint density at radius 1 is 1.11 bits per heavy atom. The van der Waals surface area contributed by atoms with Crippen molar-refractivity contribution in [3.8, 4) is 10.4 Å². The fourth-order valence-electron chi connectivity index (χ4n) is 3.50. The van der Waals surface area contributed by atoms with Crippen molar-refractivity contribution < 1.29 is 13.2 Å². The van der Waals surface area contributed by atoms with Gasteiger partial charge in [-0.3, -0.25) is 4.79 Å². The molecular weight excluding hydrogens is 378 g/mol. The highest BCUT2D eigenvalue weighted by Gasteiger charge is 2.31. The van der Waals surface area contributed by atoms with Crippen LogP contribution in [0.4, 0.5) is 5.69 Å². The van der Waals surface area contributed by atoms with Crippen molar-refractivity contribution in [3.05, 3.63) is 70.6 Å². The van der Waals surface area contributed by atoms with Gasteiger partial charge in [-0.1, -0.05) is 36.4 Å². The van der Waals surface area contributed by atoms with Gasteiger partial charge in [0.2, 0.25) is 0 Å². The highest BCUT2D eigenvalue weighted by atomic mass is 32.2. The molecule has 1 amide bonds. The van der Waals surface area contributed by atoms with Gasteiger partial charge in [-0.25, -0.2) is 8.42 Å². The first-order valence-corrected chi connectivity index (χ1v) is 11.2. The Hall–Kier alpha value is -2.44. The van der Waals surface area contributed by atoms with Crippen molar-refractivity contribution in [1.29, 1.82) is 0 Å². The van der Waals surface area contributed by atoms with Gasteiger partial charge in [-0.2, -0.15) is 0 Å². The molecule has 1 aromatic heterocycles. The van der Waals surface area contributed by atoms with E-state index in [1.54, 1.807) is 23.1 Å². The molecule has 0 bridgehead atoms. The predicted molar refractivity (Wildman–Crippen MR) is 109 cm³/mol. The minimum atomic E-state index is -3.37. The molecule has 1 aliphatic heterocycles. The summed E-state index contributed by atoms with van der Waals surface area (Å²) in [5, 5.41) is 0. The molecular formula is C21H19NO3S2. The van der Waals surface area contributed by atoms with Crippen LogP contribution < -0.4 is 4.90 Å². The maximum Gasteiger partial charge on any atom is 0.268 e. The molecule has 0 aliphatic carbocycles. The van der Waals surface area contributed by atoms with E-state index < -0.39 is 9.84 Å². The maximum absolute atomic E-state index is 13.2. The molecule has 4 nitrogen and oxygen atoms in total. The van der Waals surface area contributed by atoms with Crippen LogP contribution in [0.25, 0.3) is 10.4 Å². The van der Waals surface area contributed by atoms with Gasteiger partial charge in [-0.15, -0.1) is 11.3 Å². The lowest BCUT2D eigenvalue weighted by molar-refractivity contribution is 0.0992. The largest absolute Gasteiger partial charge is 0.308 e. The van der Waals surface area contributed by atoms with E-state index in [0.29, 0.717) is 27.4 Å². The third-order valence-corrected chi connectivity index (χ3v) is 7.72. The number of benzene rings is 2. The van der Waals surface area contributed by atoms with Crippen molar-refractivity contribution >= 4 is 32.8 Å². The highest BCUT2D eigenvalue weighted by molar-refractivity contribution is 7.91. The molecule has 0 fully saturated rings. The van der Waals surface area contributed by atoms with E-state index in [4.69, 9.17) is 0 Å². The summed E-state index contributed by atoms with van der Waals surface area (Å²) in [6.45, 7) is 4.46. The van der Waals surface area contributed by atoms with Crippen molar-refractivity contribution in [2.24, 2.45) is 0 Å². The smallest absolute Gasteiger partial charge is 0.268 e. The van der Waals surface area contributed by atoms with Gasteiger partial charge < -0.3 is 4.90 Å². The molecule has 6 heteroatoms. The average molecular weight is 398 g/mol. The summed E-state index contributed by atoms with van der Waals surface area (Å²) in [7, 11) is -3.37. The standard InChI is InChI=1S/C21H19NO3S2/c1-3-22(17-10-6-4-8-14(17)2)21(23)18-12-15-13-27(24,25)19-11-7-5-9-16(19)20(15)26-18/h4-12H,3,13H2,1-2H3. The van der Waals surface area contributed by atoms with Crippen LogP contribution in [0.2, 0.25) is 0 Å². The molecule has 3 aromatic rings. The van der Waals surface area contributed by atoms with Crippen LogP contribution in [0.15, 0.2) is 59.5 Å². The molecule has 0 radical (unpaired) electrons. The van der Waals surface area contributed by atoms with E-state index in [9.17, 15) is 13.2 Å². The number of carbonyl (C=O) groups excluding carboxylic acids is 1. The van der Waals surface area contributed by atoms with E-state index >= 15 is 0 Å². The normalized spacial score (nSPS) is 14.3. The van der Waals surface area contributed by atoms with Gasteiger partial charge in [0.15, 0.2) is 9.84 Å². The van der Waals surface area contributed by atoms with E-state index in [0.717, 1.165) is 16.1 Å². The van der Waals surface area contributed by atoms with E-state index in [2.05, 4.69) is 0 Å². The monoisotopic (exact) mass is 397 g/mol. The van der Waals surface area contributed by atoms with Crippen LogP contribution in [0, 0.1) is 6.92 Å². The number of anilines is 1. The van der Waals surface area contributed by atoms with Gasteiger partial charge in [0.05, 0.1) is 15.5 Å². The summed E-state index contributed by atoms with van der Waals surface area (Å²) in [5.41, 5.74) is 3.32. The first-order chi connectivity index (χ1) is 12.9. The topological polar surface area (TPSA) is 54.5 Å². The third-order valence-electron chi connectivity index (χ3n) is 4.80. The fraction of sp³-hybridized carbons (Fsp3) is 0.190. The number of hydrogen-bond donors (Lipinski definition) is 0. The van der Waals surface area contributed by atoms with Crippen LogP contribution in [0.1, 0.15) is 27.7 Å². The molecule has 0 unspecified atom stereocenters. The van der Waals surface area contributed by atoms with Crippen LogP contribution in [-0.2, 0) is 15.6 Å². The van der Waals surface area contributed by atoms with Crippen LogP contribution in [0.5, 0.6) is 0 Å². The van der Waals surface area contributed by atoms with Crippen LogP contribution in [0.3, 0.4) is 0 Å². The molecule has 27 heavy (non-hydrogen) atoms. The third kappa shape index (κ3) is 2.99. The van der Waals surface area contributed by atoms with Gasteiger partial charge in [0.1, 0.15) is 0 Å². The number of hydrogen-bond acceptors (Lipinski definition) is 4. The second-order valence-corrected chi connectivity index (χ2v) is 9.57. The lowest BCUT2D eigenvalue weighted by atomic mass is 10.1. The minimum absolute atomic E-state index is 0.0559. The molecule has 2 heterocycles. The number of sulfone groups is 1. The number of aryl methyl sites for hydroxylation is 1. The fourth-order valence-corrected chi connectivity index (χ4v) is 6.41. The Morgan fingerprint density at radius 2 is 1.81 bits per heavy atom. The summed E-state index contributed by atoms with van der Waals surface area (Å²) in [6.07, 6.45) is 0. The number of thiophene rings is 1. The molecule has 1 aliphatic rings. The summed E-state index contributed by atoms with van der Waals surface area (Å²) in [4.78, 5) is 16.7. The molecule has 0 saturated heterocycles. The molecule has 4 rings (SSSR count). The van der Waals surface area contributed by atoms with E-state index in [1.807, 2.05) is 50.2 Å². The Labute approximate surface area is 163 Å². The molecule has 138 valence electrons. The summed E-state index contributed by atoms with van der Waals surface area (Å²) >= 11 is 1.38. The lowest BCUT2D eigenvalue weighted by Gasteiger charge is -2.22. The number of carbonyl (C=O) groups is 1.